The SMILES string of the molecule is O=C(O)c1ccc(CCNC(=O)c2ccn(C3CCCC3)n2)cc1. The van der Waals surface area contributed by atoms with Gasteiger partial charge in [-0.05, 0) is 43.0 Å². The van der Waals surface area contributed by atoms with E-state index in [1.165, 1.54) is 12.8 Å². The first kappa shape index (κ1) is 16.2. The van der Waals surface area contributed by atoms with Crippen LogP contribution in [0, 0.1) is 0 Å². The molecule has 0 aliphatic heterocycles. The van der Waals surface area contributed by atoms with Crippen molar-refractivity contribution in [2.24, 2.45) is 0 Å². The third-order valence-electron chi connectivity index (χ3n) is 4.44. The van der Waals surface area contributed by atoms with E-state index in [0.29, 0.717) is 24.7 Å². The fourth-order valence-corrected chi connectivity index (χ4v) is 3.06. The molecule has 2 N–H and O–H groups in total. The van der Waals surface area contributed by atoms with Gasteiger partial charge in [0.15, 0.2) is 0 Å². The van der Waals surface area contributed by atoms with Crippen LogP contribution < -0.4 is 5.32 Å². The predicted octanol–water partition coefficient (Wildman–Crippen LogP) is 2.67. The number of aromatic nitrogens is 2. The average Bonchev–Trinajstić information content (AvgIpc) is 3.26. The Kier molecular flexibility index (Phi) is 4.93. The van der Waals surface area contributed by atoms with Crippen molar-refractivity contribution in [3.8, 4) is 0 Å². The summed E-state index contributed by atoms with van der Waals surface area (Å²) < 4.78 is 1.91. The van der Waals surface area contributed by atoms with Crippen LogP contribution in [0.25, 0.3) is 0 Å². The first-order chi connectivity index (χ1) is 11.6. The van der Waals surface area contributed by atoms with Crippen LogP contribution in [0.1, 0.15) is 58.1 Å². The molecule has 1 saturated carbocycles. The smallest absolute Gasteiger partial charge is 0.335 e. The number of carbonyl (C=O) groups is 2. The minimum Gasteiger partial charge on any atom is -0.478 e. The van der Waals surface area contributed by atoms with Crippen molar-refractivity contribution in [1.82, 2.24) is 15.1 Å². The molecule has 0 saturated heterocycles. The summed E-state index contributed by atoms with van der Waals surface area (Å²) in [4.78, 5) is 22.9. The summed E-state index contributed by atoms with van der Waals surface area (Å²) >= 11 is 0. The van der Waals surface area contributed by atoms with Gasteiger partial charge < -0.3 is 10.4 Å². The van der Waals surface area contributed by atoms with Crippen molar-refractivity contribution in [1.29, 1.82) is 0 Å². The van der Waals surface area contributed by atoms with Crippen LogP contribution in [0.15, 0.2) is 36.5 Å². The lowest BCUT2D eigenvalue weighted by molar-refractivity contribution is 0.0696. The van der Waals surface area contributed by atoms with Gasteiger partial charge in [0.2, 0.25) is 0 Å². The van der Waals surface area contributed by atoms with E-state index in [-0.39, 0.29) is 11.5 Å². The first-order valence-corrected chi connectivity index (χ1v) is 8.29. The monoisotopic (exact) mass is 327 g/mol. The maximum absolute atomic E-state index is 12.1. The van der Waals surface area contributed by atoms with E-state index in [2.05, 4.69) is 10.4 Å². The molecule has 24 heavy (non-hydrogen) atoms. The Labute approximate surface area is 140 Å². The third-order valence-corrected chi connectivity index (χ3v) is 4.44. The number of amides is 1. The summed E-state index contributed by atoms with van der Waals surface area (Å²) in [5.41, 5.74) is 1.69. The van der Waals surface area contributed by atoms with E-state index >= 15 is 0 Å². The Bertz CT molecular complexity index is 715. The molecule has 0 atom stereocenters. The first-order valence-electron chi connectivity index (χ1n) is 8.29. The highest BCUT2D eigenvalue weighted by molar-refractivity contribution is 5.92. The Morgan fingerprint density at radius 1 is 1.17 bits per heavy atom. The summed E-state index contributed by atoms with van der Waals surface area (Å²) in [5, 5.41) is 16.1. The number of carboxylic acids is 1. The maximum atomic E-state index is 12.1. The molecule has 1 fully saturated rings. The number of rotatable bonds is 6. The molecular formula is C18H21N3O3. The van der Waals surface area contributed by atoms with Crippen molar-refractivity contribution < 1.29 is 14.7 Å². The molecule has 0 spiro atoms. The Morgan fingerprint density at radius 3 is 2.54 bits per heavy atom. The van der Waals surface area contributed by atoms with Gasteiger partial charge in [0, 0.05) is 12.7 Å². The molecule has 1 aromatic carbocycles. The lowest BCUT2D eigenvalue weighted by Gasteiger charge is -2.08. The predicted molar refractivity (Wildman–Crippen MR) is 89.2 cm³/mol. The van der Waals surface area contributed by atoms with Crippen molar-refractivity contribution in [3.63, 3.8) is 0 Å². The Balaban J connectivity index is 1.49. The van der Waals surface area contributed by atoms with Gasteiger partial charge in [-0.25, -0.2) is 4.79 Å². The highest BCUT2D eigenvalue weighted by Crippen LogP contribution is 2.28. The minimum atomic E-state index is -0.937. The number of carboxylic acid groups (broad SMARTS) is 1. The second-order valence-electron chi connectivity index (χ2n) is 6.13. The number of nitrogens with one attached hydrogen (secondary N) is 1. The minimum absolute atomic E-state index is 0.172. The fraction of sp³-hybridized carbons (Fsp3) is 0.389. The summed E-state index contributed by atoms with van der Waals surface area (Å²) in [6.07, 6.45) is 7.26. The van der Waals surface area contributed by atoms with Crippen LogP contribution in [-0.4, -0.2) is 33.3 Å². The van der Waals surface area contributed by atoms with Crippen LogP contribution in [0.3, 0.4) is 0 Å². The van der Waals surface area contributed by atoms with Crippen molar-refractivity contribution >= 4 is 11.9 Å². The molecule has 1 amide bonds. The van der Waals surface area contributed by atoms with Crippen LogP contribution in [0.4, 0.5) is 0 Å². The molecule has 0 radical (unpaired) electrons. The zero-order chi connectivity index (χ0) is 16.9. The number of hydrogen-bond acceptors (Lipinski definition) is 3. The summed E-state index contributed by atoms with van der Waals surface area (Å²) in [6.45, 7) is 0.488. The zero-order valence-electron chi connectivity index (χ0n) is 13.4. The third kappa shape index (κ3) is 3.82. The number of hydrogen-bond donors (Lipinski definition) is 2. The van der Waals surface area contributed by atoms with Gasteiger partial charge in [-0.2, -0.15) is 5.10 Å². The molecule has 6 nitrogen and oxygen atoms in total. The van der Waals surface area contributed by atoms with Crippen LogP contribution in [-0.2, 0) is 6.42 Å². The number of aromatic carboxylic acids is 1. The van der Waals surface area contributed by atoms with Crippen molar-refractivity contribution in [2.45, 2.75) is 38.1 Å². The normalized spacial score (nSPS) is 14.7. The molecule has 2 aromatic rings. The molecule has 1 heterocycles. The number of benzene rings is 1. The van der Waals surface area contributed by atoms with E-state index in [1.54, 1.807) is 30.3 Å². The highest BCUT2D eigenvalue weighted by atomic mass is 16.4. The Hall–Kier alpha value is -2.63. The van der Waals surface area contributed by atoms with E-state index in [9.17, 15) is 9.59 Å². The van der Waals surface area contributed by atoms with Crippen LogP contribution in [0.2, 0.25) is 0 Å². The molecule has 1 aliphatic rings. The van der Waals surface area contributed by atoms with Gasteiger partial charge in [-0.3, -0.25) is 9.48 Å². The average molecular weight is 327 g/mol. The second-order valence-corrected chi connectivity index (χ2v) is 6.13. The Morgan fingerprint density at radius 2 is 1.88 bits per heavy atom. The lowest BCUT2D eigenvalue weighted by Crippen LogP contribution is -2.26. The standard InChI is InChI=1S/C18H21N3O3/c22-17(16-10-12-21(20-16)15-3-1-2-4-15)19-11-9-13-5-7-14(8-6-13)18(23)24/h5-8,10,12,15H,1-4,9,11H2,(H,19,22)(H,23,24). The van der Waals surface area contributed by atoms with E-state index in [4.69, 9.17) is 5.11 Å². The molecule has 6 heteroatoms. The van der Waals surface area contributed by atoms with Crippen molar-refractivity contribution in [3.05, 3.63) is 53.3 Å². The lowest BCUT2D eigenvalue weighted by atomic mass is 10.1. The molecule has 3 rings (SSSR count). The summed E-state index contributed by atoms with van der Waals surface area (Å²) in [6, 6.07) is 8.87. The van der Waals surface area contributed by atoms with Gasteiger partial charge in [0.1, 0.15) is 5.69 Å². The van der Waals surface area contributed by atoms with Gasteiger partial charge in [0.25, 0.3) is 5.91 Å². The molecule has 126 valence electrons. The molecule has 1 aliphatic carbocycles. The fourth-order valence-electron chi connectivity index (χ4n) is 3.06. The van der Waals surface area contributed by atoms with E-state index in [1.807, 2.05) is 10.9 Å². The molecule has 0 unspecified atom stereocenters. The highest BCUT2D eigenvalue weighted by Gasteiger charge is 2.19. The number of nitrogens with zero attached hydrogens (tertiary/aromatic N) is 2. The summed E-state index contributed by atoms with van der Waals surface area (Å²) in [7, 11) is 0. The maximum Gasteiger partial charge on any atom is 0.335 e. The summed E-state index contributed by atoms with van der Waals surface area (Å²) in [5.74, 6) is -1.11. The molecule has 0 bridgehead atoms. The van der Waals surface area contributed by atoms with Gasteiger partial charge in [-0.15, -0.1) is 0 Å². The van der Waals surface area contributed by atoms with Gasteiger partial charge >= 0.3 is 5.97 Å². The molecule has 1 aromatic heterocycles. The van der Waals surface area contributed by atoms with Gasteiger partial charge in [0.05, 0.1) is 11.6 Å². The topological polar surface area (TPSA) is 84.2 Å². The van der Waals surface area contributed by atoms with Gasteiger partial charge in [-0.1, -0.05) is 25.0 Å². The van der Waals surface area contributed by atoms with Crippen LogP contribution in [0.5, 0.6) is 0 Å². The number of carbonyl (C=O) groups excluding carboxylic acids is 1. The zero-order valence-corrected chi connectivity index (χ0v) is 13.4. The largest absolute Gasteiger partial charge is 0.478 e. The van der Waals surface area contributed by atoms with Crippen molar-refractivity contribution in [2.75, 3.05) is 6.54 Å². The van der Waals surface area contributed by atoms with E-state index < -0.39 is 5.97 Å². The van der Waals surface area contributed by atoms with Crippen LogP contribution >= 0.6 is 0 Å². The van der Waals surface area contributed by atoms with E-state index in [0.717, 1.165) is 18.4 Å². The quantitative estimate of drug-likeness (QED) is 0.854. The second kappa shape index (κ2) is 7.29. The molecular weight excluding hydrogens is 306 g/mol.